The maximum Gasteiger partial charge on any atom is 0.410 e. The van der Waals surface area contributed by atoms with Gasteiger partial charge in [-0.25, -0.2) is 18.0 Å². The van der Waals surface area contributed by atoms with Gasteiger partial charge in [0, 0.05) is 19.6 Å². The molecule has 3 unspecified atom stereocenters. The Bertz CT molecular complexity index is 1050. The van der Waals surface area contributed by atoms with Crippen molar-refractivity contribution >= 4 is 27.9 Å². The van der Waals surface area contributed by atoms with Crippen molar-refractivity contribution in [2.24, 2.45) is 0 Å². The Morgan fingerprint density at radius 2 is 1.76 bits per heavy atom. The zero-order valence-electron chi connectivity index (χ0n) is 21.4. The highest BCUT2D eigenvalue weighted by molar-refractivity contribution is 7.90. The molecule has 3 atom stereocenters. The van der Waals surface area contributed by atoms with Crippen LogP contribution in [0.2, 0.25) is 0 Å². The van der Waals surface area contributed by atoms with Gasteiger partial charge in [0.15, 0.2) is 9.84 Å². The summed E-state index contributed by atoms with van der Waals surface area (Å²) < 4.78 is 36.5. The Balaban J connectivity index is 1.70. The average molecular weight is 541 g/mol. The van der Waals surface area contributed by atoms with Crippen molar-refractivity contribution in [3.8, 4) is 0 Å². The molecule has 2 heterocycles. The molecule has 2 aliphatic rings. The number of carbonyl (C=O) groups excluding carboxylic acids is 3. The molecular weight excluding hydrogens is 504 g/mol. The van der Waals surface area contributed by atoms with Crippen LogP contribution in [0.15, 0.2) is 30.3 Å². The Labute approximate surface area is 217 Å². The smallest absolute Gasteiger partial charge is 0.410 e. The number of morpholine rings is 1. The molecule has 13 heteroatoms. The lowest BCUT2D eigenvalue weighted by atomic mass is 10.2. The van der Waals surface area contributed by atoms with Crippen LogP contribution in [-0.4, -0.2) is 110 Å². The highest BCUT2D eigenvalue weighted by atomic mass is 32.2. The fourth-order valence-corrected chi connectivity index (χ4v) is 5.58. The number of hydrogen-bond acceptors (Lipinski definition) is 8. The quantitative estimate of drug-likeness (QED) is 0.440. The number of amides is 4. The van der Waals surface area contributed by atoms with Gasteiger partial charge in [0.05, 0.1) is 43.4 Å². The summed E-state index contributed by atoms with van der Waals surface area (Å²) in [5.41, 5.74) is -0.175. The van der Waals surface area contributed by atoms with E-state index in [1.807, 2.05) is 0 Å². The molecule has 1 aromatic carbocycles. The van der Waals surface area contributed by atoms with Gasteiger partial charge in [0.1, 0.15) is 11.6 Å². The first kappa shape index (κ1) is 28.7. The molecule has 206 valence electrons. The van der Waals surface area contributed by atoms with Crippen molar-refractivity contribution in [3.05, 3.63) is 35.9 Å². The molecule has 0 bridgehead atoms. The van der Waals surface area contributed by atoms with Crippen molar-refractivity contribution in [1.29, 1.82) is 0 Å². The van der Waals surface area contributed by atoms with Crippen LogP contribution in [0.5, 0.6) is 0 Å². The fraction of sp³-hybridized carbons (Fsp3) is 0.625. The molecule has 3 rings (SSSR count). The number of carbonyl (C=O) groups is 3. The Morgan fingerprint density at radius 3 is 2.38 bits per heavy atom. The molecule has 0 saturated carbocycles. The molecule has 0 aromatic heterocycles. The number of rotatable bonds is 7. The van der Waals surface area contributed by atoms with E-state index >= 15 is 0 Å². The summed E-state index contributed by atoms with van der Waals surface area (Å²) in [6, 6.07) is 5.67. The van der Waals surface area contributed by atoms with Crippen molar-refractivity contribution in [2.75, 3.05) is 45.1 Å². The molecule has 3 N–H and O–H groups in total. The minimum Gasteiger partial charge on any atom is -0.444 e. The van der Waals surface area contributed by atoms with Gasteiger partial charge < -0.3 is 35.0 Å². The van der Waals surface area contributed by atoms with Crippen LogP contribution in [0.1, 0.15) is 26.3 Å². The Kier molecular flexibility index (Phi) is 9.37. The number of ether oxygens (including phenoxy) is 2. The number of aliphatic hydroxyl groups is 1. The standard InChI is InChI=1S/C24H36N4O8S/c1-24(2,3)36-23(32)28-13-18(20(29)14-28)25-21(30)19(26-22(31)27-9-11-35-12-10-27)16-37(33,34)15-17-7-5-4-6-8-17/h4-8,18-20,29H,9-16H2,1-3H3,(H,25,30)(H,26,31). The molecule has 37 heavy (non-hydrogen) atoms. The maximum absolute atomic E-state index is 13.2. The van der Waals surface area contributed by atoms with Gasteiger partial charge >= 0.3 is 12.1 Å². The normalized spacial score (nSPS) is 21.3. The van der Waals surface area contributed by atoms with E-state index < -0.39 is 57.4 Å². The second-order valence-electron chi connectivity index (χ2n) is 10.2. The topological polar surface area (TPSA) is 155 Å². The van der Waals surface area contributed by atoms with Crippen molar-refractivity contribution in [2.45, 2.75) is 50.3 Å². The molecular formula is C24H36N4O8S. The van der Waals surface area contributed by atoms with E-state index in [9.17, 15) is 27.9 Å². The number of nitrogens with one attached hydrogen (secondary N) is 2. The minimum absolute atomic E-state index is 0.0251. The van der Waals surface area contributed by atoms with E-state index in [2.05, 4.69) is 10.6 Å². The van der Waals surface area contributed by atoms with Gasteiger partial charge in [-0.2, -0.15) is 0 Å². The van der Waals surface area contributed by atoms with Crippen LogP contribution < -0.4 is 10.6 Å². The van der Waals surface area contributed by atoms with Crippen LogP contribution in [0, 0.1) is 0 Å². The van der Waals surface area contributed by atoms with Crippen LogP contribution in [-0.2, 0) is 29.9 Å². The summed E-state index contributed by atoms with van der Waals surface area (Å²) in [6.07, 6.45) is -1.72. The highest BCUT2D eigenvalue weighted by Gasteiger charge is 2.39. The van der Waals surface area contributed by atoms with E-state index in [4.69, 9.17) is 9.47 Å². The van der Waals surface area contributed by atoms with Crippen molar-refractivity contribution < 1.29 is 37.4 Å². The maximum atomic E-state index is 13.2. The van der Waals surface area contributed by atoms with Crippen LogP contribution in [0.25, 0.3) is 0 Å². The zero-order valence-corrected chi connectivity index (χ0v) is 22.2. The molecule has 2 fully saturated rings. The average Bonchev–Trinajstić information content (AvgIpc) is 3.18. The Morgan fingerprint density at radius 1 is 1.11 bits per heavy atom. The predicted molar refractivity (Wildman–Crippen MR) is 134 cm³/mol. The van der Waals surface area contributed by atoms with E-state index in [1.165, 1.54) is 9.80 Å². The molecule has 0 aliphatic carbocycles. The summed E-state index contributed by atoms with van der Waals surface area (Å²) in [7, 11) is -3.81. The molecule has 1 aromatic rings. The highest BCUT2D eigenvalue weighted by Crippen LogP contribution is 2.16. The third-order valence-corrected chi connectivity index (χ3v) is 7.45. The number of β-amino-alcohol motifs (C(OH)–C–C–N with tert-alkyl or cyclic N) is 1. The van der Waals surface area contributed by atoms with E-state index in [-0.39, 0.29) is 18.8 Å². The van der Waals surface area contributed by atoms with E-state index in [0.717, 1.165) is 0 Å². The molecule has 12 nitrogen and oxygen atoms in total. The number of likely N-dealkylation sites (tertiary alicyclic amines) is 1. The number of benzene rings is 1. The minimum atomic E-state index is -3.81. The lowest BCUT2D eigenvalue weighted by Crippen LogP contribution is -2.58. The fourth-order valence-electron chi connectivity index (χ4n) is 4.02. The van der Waals surface area contributed by atoms with Crippen molar-refractivity contribution in [3.63, 3.8) is 0 Å². The van der Waals surface area contributed by atoms with E-state index in [0.29, 0.717) is 31.9 Å². The van der Waals surface area contributed by atoms with Gasteiger partial charge in [-0.05, 0) is 26.3 Å². The number of hydrogen-bond donors (Lipinski definition) is 3. The first-order valence-electron chi connectivity index (χ1n) is 12.2. The summed E-state index contributed by atoms with van der Waals surface area (Å²) >= 11 is 0. The zero-order chi connectivity index (χ0) is 27.2. The van der Waals surface area contributed by atoms with Crippen LogP contribution in [0.4, 0.5) is 9.59 Å². The summed E-state index contributed by atoms with van der Waals surface area (Å²) in [4.78, 5) is 41.1. The van der Waals surface area contributed by atoms with Gasteiger partial charge in [0.25, 0.3) is 0 Å². The second kappa shape index (κ2) is 12.1. The third-order valence-electron chi connectivity index (χ3n) is 5.83. The first-order chi connectivity index (χ1) is 17.3. The largest absolute Gasteiger partial charge is 0.444 e. The van der Waals surface area contributed by atoms with Gasteiger partial charge in [-0.1, -0.05) is 30.3 Å². The van der Waals surface area contributed by atoms with Crippen LogP contribution in [0.3, 0.4) is 0 Å². The lowest BCUT2D eigenvalue weighted by Gasteiger charge is -2.29. The number of sulfone groups is 1. The number of aliphatic hydroxyl groups excluding tert-OH is 1. The molecule has 2 saturated heterocycles. The third kappa shape index (κ3) is 8.86. The molecule has 0 spiro atoms. The van der Waals surface area contributed by atoms with Gasteiger partial charge in [0.2, 0.25) is 5.91 Å². The SMILES string of the molecule is CC(C)(C)OC(=O)N1CC(O)C(NC(=O)C(CS(=O)(=O)Cc2ccccc2)NC(=O)N2CCOCC2)C1. The van der Waals surface area contributed by atoms with E-state index in [1.54, 1.807) is 51.1 Å². The monoisotopic (exact) mass is 540 g/mol. The number of urea groups is 1. The molecule has 0 radical (unpaired) electrons. The lowest BCUT2D eigenvalue weighted by molar-refractivity contribution is -0.123. The van der Waals surface area contributed by atoms with Gasteiger partial charge in [-0.15, -0.1) is 0 Å². The summed E-state index contributed by atoms with van der Waals surface area (Å²) in [5, 5.41) is 15.6. The van der Waals surface area contributed by atoms with Crippen LogP contribution >= 0.6 is 0 Å². The van der Waals surface area contributed by atoms with Gasteiger partial charge in [-0.3, -0.25) is 4.79 Å². The predicted octanol–water partition coefficient (Wildman–Crippen LogP) is 0.108. The Hall–Kier alpha value is -2.90. The summed E-state index contributed by atoms with van der Waals surface area (Å²) in [5.74, 6) is -1.71. The summed E-state index contributed by atoms with van der Waals surface area (Å²) in [6.45, 7) is 6.36. The second-order valence-corrected chi connectivity index (χ2v) is 12.3. The number of nitrogens with zero attached hydrogens (tertiary/aromatic N) is 2. The molecule has 4 amide bonds. The first-order valence-corrected chi connectivity index (χ1v) is 14.0. The van der Waals surface area contributed by atoms with Crippen molar-refractivity contribution in [1.82, 2.24) is 20.4 Å². The molecule has 2 aliphatic heterocycles.